The summed E-state index contributed by atoms with van der Waals surface area (Å²) < 4.78 is 47.8. The fourth-order valence-corrected chi connectivity index (χ4v) is 5.23. The Morgan fingerprint density at radius 3 is 2.78 bits per heavy atom. The van der Waals surface area contributed by atoms with E-state index in [1.54, 1.807) is 37.5 Å². The van der Waals surface area contributed by atoms with Crippen LogP contribution in [0.1, 0.15) is 38.2 Å². The van der Waals surface area contributed by atoms with Crippen molar-refractivity contribution in [2.45, 2.75) is 45.6 Å². The van der Waals surface area contributed by atoms with E-state index in [0.717, 1.165) is 38.4 Å². The second-order valence-corrected chi connectivity index (χ2v) is 10.6. The van der Waals surface area contributed by atoms with Crippen LogP contribution in [0.15, 0.2) is 42.7 Å². The highest BCUT2D eigenvalue weighted by Crippen LogP contribution is 2.35. The molecule has 0 unspecified atom stereocenters. The maximum Gasteiger partial charge on any atom is 0.232 e. The van der Waals surface area contributed by atoms with E-state index in [9.17, 15) is 8.42 Å². The molecule has 0 spiro atoms. The lowest BCUT2D eigenvalue weighted by Gasteiger charge is -2.23. The monoisotopic (exact) mass is 550 g/mol. The molecule has 9 nitrogen and oxygen atoms in total. The number of nitrogens with one attached hydrogen (secondary N) is 3. The van der Waals surface area contributed by atoms with Gasteiger partial charge in [-0.3, -0.25) is 4.72 Å². The molecular formula is C25H32ClFN6O3S. The first-order valence-electron chi connectivity index (χ1n) is 12.1. The molecule has 0 bridgehead atoms. The summed E-state index contributed by atoms with van der Waals surface area (Å²) in [5.41, 5.74) is 1.73. The molecule has 12 heteroatoms. The number of anilines is 2. The van der Waals surface area contributed by atoms with Crippen LogP contribution in [0, 0.1) is 12.7 Å². The molecule has 1 aromatic carbocycles. The largest absolute Gasteiger partial charge is 0.435 e. The average molecular weight is 551 g/mol. The van der Waals surface area contributed by atoms with Gasteiger partial charge in [0, 0.05) is 31.0 Å². The van der Waals surface area contributed by atoms with Crippen molar-refractivity contribution < 1.29 is 17.5 Å². The standard InChI is InChI=1S/C25H31FN6O3S.ClH/c1-3-4-13-36(33,34)32-19-14-17(2)23(21(26)15-19)35-24-20(8-6-11-28-24)22-9-12-29-25(31-22)30-18-7-5-10-27-16-18;/h6,8-9,11-12,14-15,18,27,32H,3-5,7,10,13,16H2,1-2H3,(H,29,30,31);1H/t18-;/m0./s1. The third-order valence-electron chi connectivity index (χ3n) is 5.80. The molecule has 0 saturated carbocycles. The number of aryl methyl sites for hydroxylation is 1. The average Bonchev–Trinajstić information content (AvgIpc) is 2.86. The minimum atomic E-state index is -3.55. The van der Waals surface area contributed by atoms with E-state index in [1.807, 2.05) is 6.92 Å². The Balaban J connectivity index is 0.00000380. The Hall–Kier alpha value is -3.02. The molecule has 0 amide bonds. The van der Waals surface area contributed by atoms with Crippen molar-refractivity contribution in [3.63, 3.8) is 0 Å². The number of ether oxygens (including phenoxy) is 1. The van der Waals surface area contributed by atoms with E-state index < -0.39 is 15.8 Å². The van der Waals surface area contributed by atoms with Gasteiger partial charge < -0.3 is 15.4 Å². The lowest BCUT2D eigenvalue weighted by molar-refractivity contribution is 0.426. The number of sulfonamides is 1. The Morgan fingerprint density at radius 2 is 2.05 bits per heavy atom. The number of unbranched alkanes of at least 4 members (excludes halogenated alkanes) is 1. The van der Waals surface area contributed by atoms with Crippen LogP contribution in [-0.4, -0.2) is 48.3 Å². The summed E-state index contributed by atoms with van der Waals surface area (Å²) in [6.07, 6.45) is 6.60. The zero-order chi connectivity index (χ0) is 25.5. The molecule has 3 N–H and O–H groups in total. The van der Waals surface area contributed by atoms with E-state index in [-0.39, 0.29) is 41.5 Å². The van der Waals surface area contributed by atoms with Crippen LogP contribution in [0.25, 0.3) is 11.3 Å². The smallest absolute Gasteiger partial charge is 0.232 e. The first-order chi connectivity index (χ1) is 17.3. The molecular weight excluding hydrogens is 519 g/mol. The first-order valence-corrected chi connectivity index (χ1v) is 13.7. The number of halogens is 2. The summed E-state index contributed by atoms with van der Waals surface area (Å²) in [6, 6.07) is 8.17. The van der Waals surface area contributed by atoms with Crippen LogP contribution in [0.3, 0.4) is 0 Å². The fraction of sp³-hybridized carbons (Fsp3) is 0.400. The van der Waals surface area contributed by atoms with Crippen LogP contribution in [-0.2, 0) is 10.0 Å². The third-order valence-corrected chi connectivity index (χ3v) is 7.17. The summed E-state index contributed by atoms with van der Waals surface area (Å²) in [4.78, 5) is 13.3. The van der Waals surface area contributed by atoms with Gasteiger partial charge in [-0.1, -0.05) is 13.3 Å². The van der Waals surface area contributed by atoms with Crippen molar-refractivity contribution in [2.24, 2.45) is 0 Å². The molecule has 0 aliphatic carbocycles. The lowest BCUT2D eigenvalue weighted by Crippen LogP contribution is -2.38. The van der Waals surface area contributed by atoms with Crippen LogP contribution in [0.2, 0.25) is 0 Å². The van der Waals surface area contributed by atoms with Gasteiger partial charge in [-0.25, -0.2) is 27.8 Å². The fourth-order valence-electron chi connectivity index (χ4n) is 3.98. The normalized spacial score (nSPS) is 15.5. The van der Waals surface area contributed by atoms with E-state index in [4.69, 9.17) is 4.74 Å². The number of hydrogen-bond donors (Lipinski definition) is 3. The summed E-state index contributed by atoms with van der Waals surface area (Å²) in [7, 11) is -3.55. The van der Waals surface area contributed by atoms with Crippen molar-refractivity contribution in [2.75, 3.05) is 28.9 Å². The highest BCUT2D eigenvalue weighted by molar-refractivity contribution is 7.92. The summed E-state index contributed by atoms with van der Waals surface area (Å²) in [5.74, 6) is -0.0770. The predicted octanol–water partition coefficient (Wildman–Crippen LogP) is 4.91. The Kier molecular flexibility index (Phi) is 10.0. The van der Waals surface area contributed by atoms with Crippen LogP contribution in [0.5, 0.6) is 11.6 Å². The molecule has 0 radical (unpaired) electrons. The number of nitrogens with zero attached hydrogens (tertiary/aromatic N) is 3. The van der Waals surface area contributed by atoms with Crippen molar-refractivity contribution >= 4 is 34.1 Å². The van der Waals surface area contributed by atoms with E-state index in [1.165, 1.54) is 6.07 Å². The van der Waals surface area contributed by atoms with Crippen molar-refractivity contribution in [3.05, 3.63) is 54.1 Å². The molecule has 37 heavy (non-hydrogen) atoms. The lowest BCUT2D eigenvalue weighted by atomic mass is 10.1. The van der Waals surface area contributed by atoms with Gasteiger partial charge >= 0.3 is 0 Å². The summed E-state index contributed by atoms with van der Waals surface area (Å²) in [6.45, 7) is 5.41. The van der Waals surface area contributed by atoms with Gasteiger partial charge in [-0.15, -0.1) is 12.4 Å². The van der Waals surface area contributed by atoms with E-state index >= 15 is 4.39 Å². The molecule has 1 saturated heterocycles. The van der Waals surface area contributed by atoms with Crippen molar-refractivity contribution in [3.8, 4) is 22.9 Å². The highest BCUT2D eigenvalue weighted by Gasteiger charge is 2.19. The van der Waals surface area contributed by atoms with Gasteiger partial charge in [-0.05, 0) is 62.6 Å². The molecule has 3 aromatic rings. The number of rotatable bonds is 10. The van der Waals surface area contributed by atoms with Gasteiger partial charge in [0.1, 0.15) is 0 Å². The molecule has 3 heterocycles. The molecule has 4 rings (SSSR count). The topological polar surface area (TPSA) is 118 Å². The summed E-state index contributed by atoms with van der Waals surface area (Å²) in [5, 5.41) is 6.71. The molecule has 1 aliphatic heterocycles. The predicted molar refractivity (Wildman–Crippen MR) is 146 cm³/mol. The number of pyridine rings is 1. The minimum absolute atomic E-state index is 0. The number of aromatic nitrogens is 3. The molecule has 200 valence electrons. The maximum atomic E-state index is 15.1. The molecule has 1 fully saturated rings. The van der Waals surface area contributed by atoms with Crippen molar-refractivity contribution in [1.82, 2.24) is 20.3 Å². The van der Waals surface area contributed by atoms with Gasteiger partial charge in [-0.2, -0.15) is 0 Å². The second-order valence-electron chi connectivity index (χ2n) is 8.79. The Morgan fingerprint density at radius 1 is 1.22 bits per heavy atom. The quantitative estimate of drug-likeness (QED) is 0.326. The third kappa shape index (κ3) is 7.73. The molecule has 1 aliphatic rings. The maximum absolute atomic E-state index is 15.1. The highest BCUT2D eigenvalue weighted by atomic mass is 35.5. The Bertz CT molecular complexity index is 1280. The van der Waals surface area contributed by atoms with E-state index in [2.05, 4.69) is 30.3 Å². The number of benzene rings is 1. The van der Waals surface area contributed by atoms with Crippen molar-refractivity contribution in [1.29, 1.82) is 0 Å². The van der Waals surface area contributed by atoms with E-state index in [0.29, 0.717) is 29.2 Å². The first kappa shape index (κ1) is 28.5. The van der Waals surface area contributed by atoms with Gasteiger partial charge in [0.15, 0.2) is 11.6 Å². The number of piperidine rings is 1. The number of hydrogen-bond acceptors (Lipinski definition) is 8. The van der Waals surface area contributed by atoms with Gasteiger partial charge in [0.05, 0.1) is 22.7 Å². The SMILES string of the molecule is CCCCS(=O)(=O)Nc1cc(C)c(Oc2ncccc2-c2ccnc(N[C@H]3CCCNC3)n2)c(F)c1.Cl. The Labute approximate surface area is 223 Å². The van der Waals surface area contributed by atoms with Crippen LogP contribution in [0.4, 0.5) is 16.0 Å². The van der Waals surface area contributed by atoms with Crippen LogP contribution < -0.4 is 20.1 Å². The zero-order valence-electron chi connectivity index (χ0n) is 20.8. The molecule has 1 atom stereocenters. The summed E-state index contributed by atoms with van der Waals surface area (Å²) >= 11 is 0. The molecule has 2 aromatic heterocycles. The van der Waals surface area contributed by atoms with Gasteiger partial charge in [0.2, 0.25) is 21.9 Å². The van der Waals surface area contributed by atoms with Crippen LogP contribution >= 0.6 is 12.4 Å². The van der Waals surface area contributed by atoms with Gasteiger partial charge in [0.25, 0.3) is 0 Å². The second kappa shape index (κ2) is 13.0. The minimum Gasteiger partial charge on any atom is -0.435 e. The zero-order valence-corrected chi connectivity index (χ0v) is 22.5.